The zero-order chi connectivity index (χ0) is 14.1. The maximum Gasteiger partial charge on any atom is 0.171 e. The molecule has 106 valence electrons. The highest BCUT2D eigenvalue weighted by atomic mass is 79.9. The first-order valence-electron chi connectivity index (χ1n) is 6.74. The Bertz CT molecular complexity index is 623. The zero-order valence-electron chi connectivity index (χ0n) is 11.1. The summed E-state index contributed by atoms with van der Waals surface area (Å²) in [5.74, 6) is 2.34. The standard InChI is InChI=1S/C14H15Br2N3S/c1-2-5-17-14-11(16)12(8-3-4-8)18-13(19-14)10-6-9(15)7-20-10/h6-8H,2-5H2,1H3,(H,17,18,19). The number of aromatic nitrogens is 2. The summed E-state index contributed by atoms with van der Waals surface area (Å²) < 4.78 is 2.12. The van der Waals surface area contributed by atoms with E-state index in [0.29, 0.717) is 5.92 Å². The second kappa shape index (κ2) is 6.12. The molecule has 0 aromatic carbocycles. The summed E-state index contributed by atoms with van der Waals surface area (Å²) in [6.45, 7) is 3.08. The Hall–Kier alpha value is -0.460. The minimum atomic E-state index is 0.594. The van der Waals surface area contributed by atoms with Crippen molar-refractivity contribution < 1.29 is 0 Å². The van der Waals surface area contributed by atoms with Crippen LogP contribution in [0.2, 0.25) is 0 Å². The Morgan fingerprint density at radius 2 is 2.15 bits per heavy atom. The Labute approximate surface area is 139 Å². The first-order valence-corrected chi connectivity index (χ1v) is 9.21. The van der Waals surface area contributed by atoms with Crippen LogP contribution in [0.3, 0.4) is 0 Å². The number of nitrogens with one attached hydrogen (secondary N) is 1. The van der Waals surface area contributed by atoms with Crippen molar-refractivity contribution in [1.29, 1.82) is 0 Å². The Balaban J connectivity index is 2.03. The Kier molecular flexibility index (Phi) is 4.43. The minimum Gasteiger partial charge on any atom is -0.369 e. The van der Waals surface area contributed by atoms with Gasteiger partial charge in [-0.2, -0.15) is 0 Å². The number of hydrogen-bond donors (Lipinski definition) is 1. The van der Waals surface area contributed by atoms with Crippen molar-refractivity contribution in [2.45, 2.75) is 32.1 Å². The topological polar surface area (TPSA) is 37.8 Å². The maximum atomic E-state index is 4.78. The molecule has 1 N–H and O–H groups in total. The first kappa shape index (κ1) is 14.5. The van der Waals surface area contributed by atoms with Gasteiger partial charge in [0.25, 0.3) is 0 Å². The number of nitrogens with zero attached hydrogens (tertiary/aromatic N) is 2. The SMILES string of the molecule is CCCNc1nc(-c2cc(Br)cs2)nc(C2CC2)c1Br. The second-order valence-electron chi connectivity index (χ2n) is 4.93. The molecule has 2 aromatic rings. The van der Waals surface area contributed by atoms with Gasteiger partial charge in [-0.1, -0.05) is 6.92 Å². The van der Waals surface area contributed by atoms with Gasteiger partial charge in [-0.25, -0.2) is 9.97 Å². The van der Waals surface area contributed by atoms with Gasteiger partial charge in [-0.3, -0.25) is 0 Å². The smallest absolute Gasteiger partial charge is 0.171 e. The predicted molar refractivity (Wildman–Crippen MR) is 91.5 cm³/mol. The summed E-state index contributed by atoms with van der Waals surface area (Å²) >= 11 is 8.83. The average Bonchev–Trinajstić information content (AvgIpc) is 3.19. The Morgan fingerprint density at radius 3 is 2.75 bits per heavy atom. The molecular weight excluding hydrogens is 402 g/mol. The molecule has 0 amide bonds. The molecule has 6 heteroatoms. The average molecular weight is 417 g/mol. The van der Waals surface area contributed by atoms with E-state index in [0.717, 1.165) is 44.1 Å². The third kappa shape index (κ3) is 3.07. The number of thiophene rings is 1. The van der Waals surface area contributed by atoms with Crippen molar-refractivity contribution in [1.82, 2.24) is 9.97 Å². The molecule has 0 atom stereocenters. The lowest BCUT2D eigenvalue weighted by Gasteiger charge is -2.11. The Morgan fingerprint density at radius 1 is 1.35 bits per heavy atom. The lowest BCUT2D eigenvalue weighted by atomic mass is 10.2. The van der Waals surface area contributed by atoms with E-state index in [9.17, 15) is 0 Å². The van der Waals surface area contributed by atoms with Gasteiger partial charge >= 0.3 is 0 Å². The highest BCUT2D eigenvalue weighted by Crippen LogP contribution is 2.44. The van der Waals surface area contributed by atoms with E-state index in [1.807, 2.05) is 0 Å². The van der Waals surface area contributed by atoms with Crippen LogP contribution in [0.1, 0.15) is 37.8 Å². The molecule has 20 heavy (non-hydrogen) atoms. The van der Waals surface area contributed by atoms with E-state index in [1.54, 1.807) is 11.3 Å². The molecular formula is C14H15Br2N3S. The molecule has 1 aliphatic carbocycles. The summed E-state index contributed by atoms with van der Waals surface area (Å²) in [6, 6.07) is 2.08. The molecule has 1 aliphatic rings. The van der Waals surface area contributed by atoms with Crippen molar-refractivity contribution in [3.05, 3.63) is 26.1 Å². The predicted octanol–water partition coefficient (Wildman–Crippen LogP) is 5.43. The summed E-state index contributed by atoms with van der Waals surface area (Å²) in [5, 5.41) is 5.46. The third-order valence-corrected chi connectivity index (χ3v) is 5.64. The normalized spacial score (nSPS) is 14.6. The summed E-state index contributed by atoms with van der Waals surface area (Å²) in [6.07, 6.45) is 3.54. The van der Waals surface area contributed by atoms with Crippen LogP contribution in [-0.2, 0) is 0 Å². The molecule has 3 rings (SSSR count). The van der Waals surface area contributed by atoms with E-state index in [-0.39, 0.29) is 0 Å². The summed E-state index contributed by atoms with van der Waals surface area (Å²) in [4.78, 5) is 10.6. The lowest BCUT2D eigenvalue weighted by Crippen LogP contribution is -2.06. The molecule has 1 fully saturated rings. The number of hydrogen-bond acceptors (Lipinski definition) is 4. The fourth-order valence-electron chi connectivity index (χ4n) is 1.99. The molecule has 0 unspecified atom stereocenters. The molecule has 0 saturated heterocycles. The minimum absolute atomic E-state index is 0.594. The highest BCUT2D eigenvalue weighted by Gasteiger charge is 2.29. The van der Waals surface area contributed by atoms with Crippen LogP contribution in [0.25, 0.3) is 10.7 Å². The molecule has 0 bridgehead atoms. The largest absolute Gasteiger partial charge is 0.369 e. The highest BCUT2D eigenvalue weighted by molar-refractivity contribution is 9.11. The monoisotopic (exact) mass is 415 g/mol. The fraction of sp³-hybridized carbons (Fsp3) is 0.429. The van der Waals surface area contributed by atoms with Crippen LogP contribution in [-0.4, -0.2) is 16.5 Å². The number of anilines is 1. The molecule has 0 aliphatic heterocycles. The molecule has 0 radical (unpaired) electrons. The van der Waals surface area contributed by atoms with Gasteiger partial charge in [0.05, 0.1) is 15.0 Å². The van der Waals surface area contributed by atoms with Gasteiger partial charge in [0.15, 0.2) is 5.82 Å². The van der Waals surface area contributed by atoms with Gasteiger partial charge in [0, 0.05) is 22.3 Å². The van der Waals surface area contributed by atoms with Crippen molar-refractivity contribution in [2.75, 3.05) is 11.9 Å². The van der Waals surface area contributed by atoms with E-state index in [4.69, 9.17) is 4.98 Å². The zero-order valence-corrected chi connectivity index (χ0v) is 15.1. The van der Waals surface area contributed by atoms with E-state index < -0.39 is 0 Å². The van der Waals surface area contributed by atoms with Gasteiger partial charge < -0.3 is 5.32 Å². The van der Waals surface area contributed by atoms with Gasteiger partial charge in [-0.15, -0.1) is 11.3 Å². The summed E-state index contributed by atoms with van der Waals surface area (Å²) in [7, 11) is 0. The van der Waals surface area contributed by atoms with Crippen molar-refractivity contribution in [2.24, 2.45) is 0 Å². The molecule has 3 nitrogen and oxygen atoms in total. The van der Waals surface area contributed by atoms with Gasteiger partial charge in [0.2, 0.25) is 0 Å². The molecule has 2 heterocycles. The lowest BCUT2D eigenvalue weighted by molar-refractivity contribution is 0.941. The van der Waals surface area contributed by atoms with Crippen LogP contribution >= 0.6 is 43.2 Å². The number of halogens is 2. The van der Waals surface area contributed by atoms with Crippen molar-refractivity contribution in [3.63, 3.8) is 0 Å². The van der Waals surface area contributed by atoms with E-state index in [2.05, 4.69) is 60.5 Å². The molecule has 1 saturated carbocycles. The third-order valence-electron chi connectivity index (χ3n) is 3.17. The van der Waals surface area contributed by atoms with E-state index >= 15 is 0 Å². The summed E-state index contributed by atoms with van der Waals surface area (Å²) in [5.41, 5.74) is 1.15. The van der Waals surface area contributed by atoms with Crippen LogP contribution in [0.5, 0.6) is 0 Å². The first-order chi connectivity index (χ1) is 9.69. The van der Waals surface area contributed by atoms with Crippen molar-refractivity contribution in [3.8, 4) is 10.7 Å². The van der Waals surface area contributed by atoms with E-state index in [1.165, 1.54) is 12.8 Å². The maximum absolute atomic E-state index is 4.78. The quantitative estimate of drug-likeness (QED) is 0.705. The van der Waals surface area contributed by atoms with Crippen LogP contribution < -0.4 is 5.32 Å². The number of rotatable bonds is 5. The van der Waals surface area contributed by atoms with Crippen molar-refractivity contribution >= 4 is 49.0 Å². The van der Waals surface area contributed by atoms with Gasteiger partial charge in [-0.05, 0) is 57.2 Å². The van der Waals surface area contributed by atoms with Crippen LogP contribution in [0.15, 0.2) is 20.4 Å². The fourth-order valence-corrected chi connectivity index (χ4v) is 3.99. The van der Waals surface area contributed by atoms with Gasteiger partial charge in [0.1, 0.15) is 5.82 Å². The van der Waals surface area contributed by atoms with Crippen LogP contribution in [0, 0.1) is 0 Å². The molecule has 0 spiro atoms. The van der Waals surface area contributed by atoms with Crippen LogP contribution in [0.4, 0.5) is 5.82 Å². The molecule has 2 aromatic heterocycles. The second-order valence-corrected chi connectivity index (χ2v) is 7.55.